The van der Waals surface area contributed by atoms with Gasteiger partial charge in [0.05, 0.1) is 10.8 Å². The fraction of sp³-hybridized carbons (Fsp3) is 0.143. The second-order valence-electron chi connectivity index (χ2n) is 3.89. The first-order valence-corrected chi connectivity index (χ1v) is 7.01. The molecule has 0 N–H and O–H groups in total. The zero-order chi connectivity index (χ0) is 13.7. The Morgan fingerprint density at radius 1 is 1.26 bits per heavy atom. The Labute approximate surface area is 120 Å². The number of ketones is 1. The summed E-state index contributed by atoms with van der Waals surface area (Å²) >= 11 is 7.20. The standard InChI is InChI=1S/C14H11ClFNOS/c15-12-5-3-7-17-14(12)19-9-11(18)8-10-4-1-2-6-13(10)16/h1-7H,8-9H2. The second-order valence-corrected chi connectivity index (χ2v) is 5.26. The number of rotatable bonds is 5. The van der Waals surface area contributed by atoms with Crippen LogP contribution in [0.15, 0.2) is 47.6 Å². The molecule has 0 unspecified atom stereocenters. The van der Waals surface area contributed by atoms with Gasteiger partial charge in [0.1, 0.15) is 16.6 Å². The molecule has 0 saturated heterocycles. The lowest BCUT2D eigenvalue weighted by atomic mass is 10.1. The van der Waals surface area contributed by atoms with Gasteiger partial charge in [-0.2, -0.15) is 0 Å². The lowest BCUT2D eigenvalue weighted by molar-refractivity contribution is -0.116. The number of Topliss-reactive ketones (excluding diaryl/α,β-unsaturated/α-hetero) is 1. The zero-order valence-corrected chi connectivity index (χ0v) is 11.5. The Kier molecular flexibility index (Phi) is 4.93. The summed E-state index contributed by atoms with van der Waals surface area (Å²) in [6, 6.07) is 9.74. The molecule has 0 saturated carbocycles. The number of carbonyl (C=O) groups excluding carboxylic acids is 1. The maximum Gasteiger partial charge on any atom is 0.147 e. The van der Waals surface area contributed by atoms with Crippen molar-refractivity contribution in [1.29, 1.82) is 0 Å². The molecule has 0 fully saturated rings. The molecule has 1 aromatic carbocycles. The van der Waals surface area contributed by atoms with Gasteiger partial charge in [-0.15, -0.1) is 0 Å². The first-order valence-electron chi connectivity index (χ1n) is 5.65. The number of hydrogen-bond acceptors (Lipinski definition) is 3. The predicted molar refractivity (Wildman–Crippen MR) is 75.1 cm³/mol. The van der Waals surface area contributed by atoms with Crippen LogP contribution in [-0.4, -0.2) is 16.5 Å². The minimum atomic E-state index is -0.350. The van der Waals surface area contributed by atoms with E-state index in [0.29, 0.717) is 15.6 Å². The summed E-state index contributed by atoms with van der Waals surface area (Å²) in [5.74, 6) is -0.182. The summed E-state index contributed by atoms with van der Waals surface area (Å²) in [6.07, 6.45) is 1.71. The Morgan fingerprint density at radius 2 is 2.05 bits per heavy atom. The third-order valence-electron chi connectivity index (χ3n) is 2.44. The van der Waals surface area contributed by atoms with Crippen LogP contribution < -0.4 is 0 Å². The molecule has 19 heavy (non-hydrogen) atoms. The molecule has 98 valence electrons. The van der Waals surface area contributed by atoms with Crippen molar-refractivity contribution >= 4 is 29.1 Å². The number of nitrogens with zero attached hydrogens (tertiary/aromatic N) is 1. The molecule has 0 radical (unpaired) electrons. The molecule has 0 aliphatic carbocycles. The van der Waals surface area contributed by atoms with Gasteiger partial charge in [-0.05, 0) is 23.8 Å². The SMILES string of the molecule is O=C(CSc1ncccc1Cl)Cc1ccccc1F. The molecule has 1 heterocycles. The molecule has 0 aliphatic heterocycles. The molecule has 1 aromatic heterocycles. The molecule has 5 heteroatoms. The van der Waals surface area contributed by atoms with Crippen molar-refractivity contribution in [2.24, 2.45) is 0 Å². The molecule has 0 spiro atoms. The smallest absolute Gasteiger partial charge is 0.147 e. The molecular formula is C14H11ClFNOS. The van der Waals surface area contributed by atoms with E-state index in [-0.39, 0.29) is 23.8 Å². The molecule has 2 nitrogen and oxygen atoms in total. The van der Waals surface area contributed by atoms with Crippen molar-refractivity contribution in [2.75, 3.05) is 5.75 Å². The van der Waals surface area contributed by atoms with Crippen molar-refractivity contribution in [1.82, 2.24) is 4.98 Å². The number of carbonyl (C=O) groups is 1. The third-order valence-corrected chi connectivity index (χ3v) is 3.92. The Bertz CT molecular complexity index is 591. The second kappa shape index (κ2) is 6.68. The zero-order valence-electron chi connectivity index (χ0n) is 9.98. The number of thioether (sulfide) groups is 1. The van der Waals surface area contributed by atoms with E-state index in [4.69, 9.17) is 11.6 Å². The Morgan fingerprint density at radius 3 is 2.79 bits per heavy atom. The van der Waals surface area contributed by atoms with E-state index in [1.54, 1.807) is 36.5 Å². The van der Waals surface area contributed by atoms with Crippen LogP contribution in [-0.2, 0) is 11.2 Å². The highest BCUT2D eigenvalue weighted by atomic mass is 35.5. The van der Waals surface area contributed by atoms with Gasteiger partial charge in [0, 0.05) is 12.6 Å². The van der Waals surface area contributed by atoms with Crippen molar-refractivity contribution in [3.05, 3.63) is 59.0 Å². The van der Waals surface area contributed by atoms with Gasteiger partial charge in [-0.25, -0.2) is 9.37 Å². The molecule has 0 aliphatic rings. The van der Waals surface area contributed by atoms with E-state index in [1.807, 2.05) is 0 Å². The fourth-order valence-corrected chi connectivity index (χ4v) is 2.56. The Balaban J connectivity index is 1.92. The number of benzene rings is 1. The van der Waals surface area contributed by atoms with E-state index in [9.17, 15) is 9.18 Å². The van der Waals surface area contributed by atoms with Crippen LogP contribution in [0, 0.1) is 5.82 Å². The van der Waals surface area contributed by atoms with E-state index >= 15 is 0 Å². The Hall–Kier alpha value is -1.39. The summed E-state index contributed by atoms with van der Waals surface area (Å²) in [7, 11) is 0. The van der Waals surface area contributed by atoms with Crippen LogP contribution >= 0.6 is 23.4 Å². The molecule has 0 atom stereocenters. The molecule has 0 amide bonds. The monoisotopic (exact) mass is 295 g/mol. The van der Waals surface area contributed by atoms with Crippen molar-refractivity contribution in [3.8, 4) is 0 Å². The predicted octanol–water partition coefficient (Wildman–Crippen LogP) is 3.78. The highest BCUT2D eigenvalue weighted by Crippen LogP contribution is 2.24. The number of aromatic nitrogens is 1. The van der Waals surface area contributed by atoms with Crippen molar-refractivity contribution < 1.29 is 9.18 Å². The molecule has 2 rings (SSSR count). The maximum atomic E-state index is 13.4. The molecule has 0 bridgehead atoms. The average molecular weight is 296 g/mol. The first-order chi connectivity index (χ1) is 9.16. The van der Waals surface area contributed by atoms with E-state index in [0.717, 1.165) is 0 Å². The van der Waals surface area contributed by atoms with Gasteiger partial charge >= 0.3 is 0 Å². The maximum absolute atomic E-state index is 13.4. The fourth-order valence-electron chi connectivity index (χ4n) is 1.53. The topological polar surface area (TPSA) is 30.0 Å². The average Bonchev–Trinajstić information content (AvgIpc) is 2.40. The highest BCUT2D eigenvalue weighted by molar-refractivity contribution is 8.00. The van der Waals surface area contributed by atoms with Gasteiger partial charge in [-0.1, -0.05) is 41.6 Å². The quantitative estimate of drug-likeness (QED) is 0.786. The van der Waals surface area contributed by atoms with Crippen LogP contribution in [0.1, 0.15) is 5.56 Å². The molecular weight excluding hydrogens is 285 g/mol. The van der Waals surface area contributed by atoms with Gasteiger partial charge < -0.3 is 0 Å². The van der Waals surface area contributed by atoms with Gasteiger partial charge in [0.15, 0.2) is 0 Å². The number of halogens is 2. The minimum absolute atomic E-state index is 0.0585. The van der Waals surface area contributed by atoms with E-state index in [2.05, 4.69) is 4.98 Å². The van der Waals surface area contributed by atoms with E-state index < -0.39 is 0 Å². The van der Waals surface area contributed by atoms with Gasteiger partial charge in [-0.3, -0.25) is 4.79 Å². The van der Waals surface area contributed by atoms with Crippen LogP contribution in [0.2, 0.25) is 5.02 Å². The van der Waals surface area contributed by atoms with Crippen LogP contribution in [0.25, 0.3) is 0 Å². The largest absolute Gasteiger partial charge is 0.298 e. The first kappa shape index (κ1) is 14.0. The minimum Gasteiger partial charge on any atom is -0.298 e. The van der Waals surface area contributed by atoms with Crippen molar-refractivity contribution in [3.63, 3.8) is 0 Å². The summed E-state index contributed by atoms with van der Waals surface area (Å²) in [6.45, 7) is 0. The summed E-state index contributed by atoms with van der Waals surface area (Å²) in [5, 5.41) is 1.14. The highest BCUT2D eigenvalue weighted by Gasteiger charge is 2.10. The van der Waals surface area contributed by atoms with Gasteiger partial charge in [0.2, 0.25) is 0 Å². The lowest BCUT2D eigenvalue weighted by Crippen LogP contribution is -2.07. The van der Waals surface area contributed by atoms with Crippen LogP contribution in [0.5, 0.6) is 0 Å². The van der Waals surface area contributed by atoms with E-state index in [1.165, 1.54) is 17.8 Å². The number of hydrogen-bond donors (Lipinski definition) is 0. The third kappa shape index (κ3) is 4.04. The van der Waals surface area contributed by atoms with Gasteiger partial charge in [0.25, 0.3) is 0 Å². The summed E-state index contributed by atoms with van der Waals surface area (Å²) in [5.41, 5.74) is 0.417. The lowest BCUT2D eigenvalue weighted by Gasteiger charge is -2.03. The van der Waals surface area contributed by atoms with Crippen LogP contribution in [0.4, 0.5) is 4.39 Å². The van der Waals surface area contributed by atoms with Crippen molar-refractivity contribution in [2.45, 2.75) is 11.4 Å². The normalized spacial score (nSPS) is 10.4. The summed E-state index contributed by atoms with van der Waals surface area (Å²) < 4.78 is 13.4. The number of pyridine rings is 1. The van der Waals surface area contributed by atoms with Crippen LogP contribution in [0.3, 0.4) is 0 Å². The summed E-state index contributed by atoms with van der Waals surface area (Å²) in [4.78, 5) is 15.9. The molecule has 2 aromatic rings.